The smallest absolute Gasteiger partial charge is 0.227 e. The number of nitrogens with one attached hydrogen (secondary N) is 1. The second-order valence-electron chi connectivity index (χ2n) is 5.81. The number of carbonyl (C=O) groups excluding carboxylic acids is 1. The summed E-state index contributed by atoms with van der Waals surface area (Å²) in [5.74, 6) is 0.475. The zero-order chi connectivity index (χ0) is 15.4. The maximum atomic E-state index is 12.3. The van der Waals surface area contributed by atoms with E-state index in [1.54, 1.807) is 11.0 Å². The summed E-state index contributed by atoms with van der Waals surface area (Å²) in [5.41, 5.74) is 7.69. The highest BCUT2D eigenvalue weighted by molar-refractivity contribution is 5.92. The molecule has 1 aliphatic carbocycles. The molecule has 0 spiro atoms. The van der Waals surface area contributed by atoms with Crippen LogP contribution in [-0.4, -0.2) is 27.2 Å². The number of aromatic nitrogens is 3. The van der Waals surface area contributed by atoms with Crippen molar-refractivity contribution in [2.45, 2.75) is 25.8 Å². The Bertz CT molecular complexity index is 618. The van der Waals surface area contributed by atoms with Crippen molar-refractivity contribution >= 4 is 36.4 Å². The first-order valence-electron chi connectivity index (χ1n) is 7.68. The molecule has 24 heavy (non-hydrogen) atoms. The molecule has 1 amide bonds. The molecule has 8 heteroatoms. The lowest BCUT2D eigenvalue weighted by molar-refractivity contribution is -0.120. The van der Waals surface area contributed by atoms with Crippen LogP contribution in [0, 0.1) is 11.8 Å². The predicted octanol–water partition coefficient (Wildman–Crippen LogP) is 2.48. The molecule has 1 heterocycles. The molecule has 3 rings (SSSR count). The van der Waals surface area contributed by atoms with E-state index in [1.165, 1.54) is 6.33 Å². The van der Waals surface area contributed by atoms with Gasteiger partial charge in [0.25, 0.3) is 0 Å². The fourth-order valence-corrected chi connectivity index (χ4v) is 3.09. The quantitative estimate of drug-likeness (QED) is 0.844. The maximum absolute atomic E-state index is 12.3. The molecule has 2 aromatic rings. The molecule has 0 saturated heterocycles. The molecule has 1 aliphatic rings. The summed E-state index contributed by atoms with van der Waals surface area (Å²) in [6, 6.07) is 7.84. The second-order valence-corrected chi connectivity index (χ2v) is 5.81. The van der Waals surface area contributed by atoms with E-state index >= 15 is 0 Å². The average Bonchev–Trinajstić information content (AvgIpc) is 3.20. The lowest BCUT2D eigenvalue weighted by atomic mass is 9.95. The van der Waals surface area contributed by atoms with Crippen molar-refractivity contribution in [3.05, 3.63) is 42.5 Å². The zero-order valence-electron chi connectivity index (χ0n) is 13.3. The van der Waals surface area contributed by atoms with Gasteiger partial charge in [-0.05, 0) is 43.0 Å². The summed E-state index contributed by atoms with van der Waals surface area (Å²) in [5, 5.41) is 7.08. The largest absolute Gasteiger partial charge is 0.330 e. The number of hydrogen-bond donors (Lipinski definition) is 2. The number of rotatable bonds is 5. The molecule has 0 bridgehead atoms. The number of halogens is 2. The molecule has 1 aromatic carbocycles. The molecular weight excluding hydrogens is 349 g/mol. The minimum atomic E-state index is 0. The number of anilines is 1. The van der Waals surface area contributed by atoms with E-state index < -0.39 is 0 Å². The minimum Gasteiger partial charge on any atom is -0.330 e. The van der Waals surface area contributed by atoms with E-state index in [4.69, 9.17) is 5.73 Å². The van der Waals surface area contributed by atoms with Crippen molar-refractivity contribution in [3.63, 3.8) is 0 Å². The van der Waals surface area contributed by atoms with Gasteiger partial charge in [-0.15, -0.1) is 24.8 Å². The Morgan fingerprint density at radius 1 is 1.25 bits per heavy atom. The highest BCUT2D eigenvalue weighted by Crippen LogP contribution is 2.31. The van der Waals surface area contributed by atoms with Gasteiger partial charge in [0, 0.05) is 11.6 Å². The fraction of sp³-hybridized carbons (Fsp3) is 0.438. The van der Waals surface area contributed by atoms with E-state index in [1.807, 2.05) is 24.3 Å². The number of carbonyl (C=O) groups is 1. The number of nitrogens with two attached hydrogens (primary N) is 1. The molecule has 2 atom stereocenters. The third-order valence-electron chi connectivity index (χ3n) is 4.33. The van der Waals surface area contributed by atoms with E-state index in [-0.39, 0.29) is 36.6 Å². The maximum Gasteiger partial charge on any atom is 0.227 e. The van der Waals surface area contributed by atoms with Gasteiger partial charge in [0.15, 0.2) is 0 Å². The number of nitrogens with zero attached hydrogens (tertiary/aromatic N) is 3. The van der Waals surface area contributed by atoms with Crippen LogP contribution in [-0.2, 0) is 11.3 Å². The van der Waals surface area contributed by atoms with Crippen molar-refractivity contribution < 1.29 is 4.79 Å². The Morgan fingerprint density at radius 2 is 2.00 bits per heavy atom. The average molecular weight is 372 g/mol. The highest BCUT2D eigenvalue weighted by atomic mass is 35.5. The van der Waals surface area contributed by atoms with Gasteiger partial charge in [0.1, 0.15) is 12.7 Å². The van der Waals surface area contributed by atoms with Gasteiger partial charge >= 0.3 is 0 Å². The van der Waals surface area contributed by atoms with Crippen molar-refractivity contribution in [1.29, 1.82) is 0 Å². The van der Waals surface area contributed by atoms with Gasteiger partial charge < -0.3 is 11.1 Å². The Morgan fingerprint density at radius 3 is 2.62 bits per heavy atom. The van der Waals surface area contributed by atoms with Crippen LogP contribution in [0.3, 0.4) is 0 Å². The lowest BCUT2D eigenvalue weighted by Crippen LogP contribution is -2.29. The Balaban J connectivity index is 0.00000144. The third kappa shape index (κ3) is 4.93. The molecule has 0 aliphatic heterocycles. The topological polar surface area (TPSA) is 85.8 Å². The zero-order valence-corrected chi connectivity index (χ0v) is 14.9. The monoisotopic (exact) mass is 371 g/mol. The lowest BCUT2D eigenvalue weighted by Gasteiger charge is -2.17. The van der Waals surface area contributed by atoms with Gasteiger partial charge in [-0.25, -0.2) is 9.67 Å². The van der Waals surface area contributed by atoms with Crippen LogP contribution >= 0.6 is 24.8 Å². The van der Waals surface area contributed by atoms with Crippen LogP contribution in [0.4, 0.5) is 5.69 Å². The van der Waals surface area contributed by atoms with Crippen LogP contribution in [0.1, 0.15) is 24.8 Å². The fourth-order valence-electron chi connectivity index (χ4n) is 3.09. The van der Waals surface area contributed by atoms with Crippen LogP contribution in [0.25, 0.3) is 0 Å². The summed E-state index contributed by atoms with van der Waals surface area (Å²) >= 11 is 0. The molecule has 1 aromatic heterocycles. The summed E-state index contributed by atoms with van der Waals surface area (Å²) in [6.45, 7) is 1.26. The normalized spacial score (nSPS) is 19.2. The Labute approximate surface area is 154 Å². The van der Waals surface area contributed by atoms with Crippen molar-refractivity contribution in [2.75, 3.05) is 11.9 Å². The van der Waals surface area contributed by atoms with Crippen molar-refractivity contribution in [3.8, 4) is 0 Å². The molecular formula is C16H23Cl2N5O. The minimum absolute atomic E-state index is 0. The number of benzene rings is 1. The van der Waals surface area contributed by atoms with E-state index in [0.717, 1.165) is 30.5 Å². The molecule has 6 nitrogen and oxygen atoms in total. The van der Waals surface area contributed by atoms with Crippen molar-refractivity contribution in [1.82, 2.24) is 14.8 Å². The molecule has 0 unspecified atom stereocenters. The predicted molar refractivity (Wildman–Crippen MR) is 98.6 cm³/mol. The molecule has 132 valence electrons. The summed E-state index contributed by atoms with van der Waals surface area (Å²) in [6.07, 6.45) is 6.30. The number of amides is 1. The van der Waals surface area contributed by atoms with Crippen LogP contribution < -0.4 is 11.1 Å². The van der Waals surface area contributed by atoms with Gasteiger partial charge in [-0.2, -0.15) is 5.10 Å². The molecule has 1 saturated carbocycles. The first kappa shape index (κ1) is 20.4. The molecule has 1 fully saturated rings. The molecule has 3 N–H and O–H groups in total. The summed E-state index contributed by atoms with van der Waals surface area (Å²) in [7, 11) is 0. The van der Waals surface area contributed by atoms with Gasteiger partial charge in [0.05, 0.1) is 6.54 Å². The first-order chi connectivity index (χ1) is 10.8. The Kier molecular flexibility index (Phi) is 8.18. The van der Waals surface area contributed by atoms with Crippen LogP contribution in [0.2, 0.25) is 0 Å². The van der Waals surface area contributed by atoms with Gasteiger partial charge in [-0.3, -0.25) is 4.79 Å². The summed E-state index contributed by atoms with van der Waals surface area (Å²) in [4.78, 5) is 16.3. The second kappa shape index (κ2) is 9.61. The van der Waals surface area contributed by atoms with Gasteiger partial charge in [0.2, 0.25) is 5.91 Å². The standard InChI is InChI=1S/C16H21N5O.2ClH/c17-8-13-2-1-3-15(13)16(22)20-14-6-4-12(5-7-14)9-21-11-18-10-19-21;;/h4-7,10-11,13,15H,1-3,8-9,17H2,(H,20,22);2*1H/t13-,15-;;/m1../s1. The van der Waals surface area contributed by atoms with Crippen LogP contribution in [0.5, 0.6) is 0 Å². The number of hydrogen-bond acceptors (Lipinski definition) is 4. The summed E-state index contributed by atoms with van der Waals surface area (Å²) < 4.78 is 1.76. The highest BCUT2D eigenvalue weighted by Gasteiger charge is 2.31. The van der Waals surface area contributed by atoms with E-state index in [2.05, 4.69) is 15.4 Å². The van der Waals surface area contributed by atoms with Gasteiger partial charge in [-0.1, -0.05) is 18.6 Å². The SMILES string of the molecule is Cl.Cl.NC[C@H]1CCC[C@H]1C(=O)Nc1ccc(Cn2cncn2)cc1. The van der Waals surface area contributed by atoms with E-state index in [0.29, 0.717) is 19.0 Å². The van der Waals surface area contributed by atoms with E-state index in [9.17, 15) is 4.79 Å². The molecule has 0 radical (unpaired) electrons. The van der Waals surface area contributed by atoms with Crippen LogP contribution in [0.15, 0.2) is 36.9 Å². The third-order valence-corrected chi connectivity index (χ3v) is 4.33. The Hall–Kier alpha value is -1.63. The first-order valence-corrected chi connectivity index (χ1v) is 7.68. The van der Waals surface area contributed by atoms with Crippen molar-refractivity contribution in [2.24, 2.45) is 17.6 Å².